The number of fused-ring (bicyclic) bond motifs is 1. The summed E-state index contributed by atoms with van der Waals surface area (Å²) in [5.41, 5.74) is 2.26. The van der Waals surface area contributed by atoms with E-state index < -0.39 is 0 Å². The van der Waals surface area contributed by atoms with Gasteiger partial charge in [-0.2, -0.15) is 9.97 Å². The molecule has 0 bridgehead atoms. The molecule has 0 amide bonds. The zero-order valence-corrected chi connectivity index (χ0v) is 13.8. The first kappa shape index (κ1) is 15.8. The van der Waals surface area contributed by atoms with Crippen LogP contribution in [0.25, 0.3) is 11.2 Å². The van der Waals surface area contributed by atoms with E-state index in [9.17, 15) is 4.39 Å². The number of benzene rings is 2. The van der Waals surface area contributed by atoms with E-state index in [1.807, 2.05) is 24.3 Å². The van der Waals surface area contributed by atoms with Crippen LogP contribution in [0.3, 0.4) is 0 Å². The number of para-hydroxylation sites is 1. The molecule has 7 nitrogen and oxygen atoms in total. The number of rotatable bonds is 5. The van der Waals surface area contributed by atoms with E-state index in [1.165, 1.54) is 6.07 Å². The van der Waals surface area contributed by atoms with Gasteiger partial charge >= 0.3 is 0 Å². The summed E-state index contributed by atoms with van der Waals surface area (Å²) in [5, 5.41) is 6.00. The Morgan fingerprint density at radius 2 is 1.81 bits per heavy atom. The molecule has 0 spiro atoms. The largest absolute Gasteiger partial charge is 0.497 e. The van der Waals surface area contributed by atoms with E-state index in [1.54, 1.807) is 31.5 Å². The van der Waals surface area contributed by atoms with Crippen LogP contribution in [0, 0.1) is 5.82 Å². The van der Waals surface area contributed by atoms with Gasteiger partial charge in [-0.15, -0.1) is 0 Å². The highest BCUT2D eigenvalue weighted by molar-refractivity contribution is 5.75. The summed E-state index contributed by atoms with van der Waals surface area (Å²) in [6.45, 7) is 0. The third-order valence-electron chi connectivity index (χ3n) is 3.71. The third-order valence-corrected chi connectivity index (χ3v) is 3.71. The van der Waals surface area contributed by atoms with Crippen LogP contribution in [0.1, 0.15) is 0 Å². The fourth-order valence-corrected chi connectivity index (χ4v) is 2.42. The van der Waals surface area contributed by atoms with Crippen molar-refractivity contribution < 1.29 is 9.13 Å². The molecular weight excluding hydrogens is 335 g/mol. The summed E-state index contributed by atoms with van der Waals surface area (Å²) >= 11 is 0. The van der Waals surface area contributed by atoms with Crippen molar-refractivity contribution in [2.24, 2.45) is 0 Å². The molecule has 3 N–H and O–H groups in total. The molecule has 0 saturated carbocycles. The van der Waals surface area contributed by atoms with Crippen molar-refractivity contribution in [3.63, 3.8) is 0 Å². The summed E-state index contributed by atoms with van der Waals surface area (Å²) in [6, 6.07) is 13.8. The number of aromatic nitrogens is 4. The Kier molecular flexibility index (Phi) is 4.06. The number of aromatic amines is 1. The van der Waals surface area contributed by atoms with Crippen molar-refractivity contribution in [3.05, 3.63) is 60.5 Å². The smallest absolute Gasteiger partial charge is 0.229 e. The van der Waals surface area contributed by atoms with Gasteiger partial charge in [0.05, 0.1) is 19.0 Å². The summed E-state index contributed by atoms with van der Waals surface area (Å²) < 4.78 is 18.9. The lowest BCUT2D eigenvalue weighted by molar-refractivity contribution is 0.415. The Morgan fingerprint density at radius 1 is 1.00 bits per heavy atom. The lowest BCUT2D eigenvalue weighted by Gasteiger charge is -2.05. The van der Waals surface area contributed by atoms with E-state index in [0.717, 1.165) is 11.4 Å². The highest BCUT2D eigenvalue weighted by Gasteiger charge is 2.08. The highest BCUT2D eigenvalue weighted by Crippen LogP contribution is 2.21. The molecule has 0 aliphatic rings. The molecule has 2 heterocycles. The quantitative estimate of drug-likeness (QED) is 0.504. The predicted octanol–water partition coefficient (Wildman–Crippen LogP) is 3.99. The Balaban J connectivity index is 1.56. The van der Waals surface area contributed by atoms with E-state index >= 15 is 0 Å². The van der Waals surface area contributed by atoms with E-state index in [2.05, 4.69) is 30.6 Å². The molecule has 130 valence electrons. The van der Waals surface area contributed by atoms with E-state index in [-0.39, 0.29) is 5.82 Å². The summed E-state index contributed by atoms with van der Waals surface area (Å²) in [5.74, 6) is 1.21. The van der Waals surface area contributed by atoms with Gasteiger partial charge in [0.15, 0.2) is 5.65 Å². The number of ether oxygens (including phenoxy) is 1. The van der Waals surface area contributed by atoms with Crippen molar-refractivity contribution in [2.75, 3.05) is 17.7 Å². The molecule has 0 saturated heterocycles. The normalized spacial score (nSPS) is 10.7. The SMILES string of the molecule is COc1ccc(Nc2ncc3[nH]c(Nc4ccccc4F)nc3n2)cc1. The van der Waals surface area contributed by atoms with Crippen LogP contribution in [-0.2, 0) is 0 Å². The predicted molar refractivity (Wildman–Crippen MR) is 97.6 cm³/mol. The topological polar surface area (TPSA) is 87.8 Å². The molecule has 8 heteroatoms. The summed E-state index contributed by atoms with van der Waals surface area (Å²) in [7, 11) is 1.62. The van der Waals surface area contributed by atoms with Crippen molar-refractivity contribution in [2.45, 2.75) is 0 Å². The third kappa shape index (κ3) is 3.25. The molecular formula is C18H15FN6O. The van der Waals surface area contributed by atoms with Crippen LogP contribution in [-0.4, -0.2) is 27.0 Å². The molecule has 4 rings (SSSR count). The maximum absolute atomic E-state index is 13.7. The van der Waals surface area contributed by atoms with Gasteiger partial charge in [0.1, 0.15) is 17.1 Å². The fourth-order valence-electron chi connectivity index (χ4n) is 2.42. The number of H-pyrrole nitrogens is 1. The molecule has 4 aromatic rings. The fraction of sp³-hybridized carbons (Fsp3) is 0.0556. The van der Waals surface area contributed by atoms with Crippen LogP contribution in [0.5, 0.6) is 5.75 Å². The number of halogens is 1. The Bertz CT molecular complexity index is 1050. The highest BCUT2D eigenvalue weighted by atomic mass is 19.1. The van der Waals surface area contributed by atoms with Gasteiger partial charge in [-0.1, -0.05) is 12.1 Å². The molecule has 0 aliphatic carbocycles. The van der Waals surface area contributed by atoms with Crippen molar-refractivity contribution >= 4 is 34.4 Å². The first-order valence-corrected chi connectivity index (χ1v) is 7.86. The minimum atomic E-state index is -0.360. The van der Waals surface area contributed by atoms with Gasteiger partial charge in [-0.25, -0.2) is 9.37 Å². The standard InChI is InChI=1S/C18H15FN6O/c1-26-12-8-6-11(7-9-12)21-17-20-10-15-16(24-17)25-18(23-15)22-14-5-3-2-4-13(14)19/h2-10H,1H3,(H3,20,21,22,23,24,25). The Hall–Kier alpha value is -3.68. The van der Waals surface area contributed by atoms with Gasteiger partial charge in [0, 0.05) is 5.69 Å². The molecule has 26 heavy (non-hydrogen) atoms. The van der Waals surface area contributed by atoms with E-state index in [4.69, 9.17) is 4.74 Å². The average molecular weight is 350 g/mol. The maximum Gasteiger partial charge on any atom is 0.229 e. The molecule has 0 unspecified atom stereocenters. The molecule has 2 aromatic carbocycles. The monoisotopic (exact) mass is 350 g/mol. The number of hydrogen-bond acceptors (Lipinski definition) is 6. The van der Waals surface area contributed by atoms with Gasteiger partial charge in [0.2, 0.25) is 11.9 Å². The maximum atomic E-state index is 13.7. The number of methoxy groups -OCH3 is 1. The van der Waals surface area contributed by atoms with Crippen LogP contribution < -0.4 is 15.4 Å². The van der Waals surface area contributed by atoms with Crippen LogP contribution in [0.4, 0.5) is 27.7 Å². The lowest BCUT2D eigenvalue weighted by atomic mass is 10.3. The molecule has 2 aromatic heterocycles. The second-order valence-electron chi connectivity index (χ2n) is 5.47. The summed E-state index contributed by atoms with van der Waals surface area (Å²) in [6.07, 6.45) is 1.62. The van der Waals surface area contributed by atoms with Gasteiger partial charge in [-0.3, -0.25) is 0 Å². The molecule has 0 aliphatic heterocycles. The molecule has 0 atom stereocenters. The Labute approximate surface area is 148 Å². The molecule has 0 radical (unpaired) electrons. The minimum Gasteiger partial charge on any atom is -0.497 e. The second-order valence-corrected chi connectivity index (χ2v) is 5.47. The van der Waals surface area contributed by atoms with Gasteiger partial charge in [0.25, 0.3) is 0 Å². The van der Waals surface area contributed by atoms with Crippen molar-refractivity contribution in [1.29, 1.82) is 0 Å². The second kappa shape index (κ2) is 6.67. The first-order valence-electron chi connectivity index (χ1n) is 7.86. The average Bonchev–Trinajstić information content (AvgIpc) is 3.06. The van der Waals surface area contributed by atoms with Crippen LogP contribution in [0.2, 0.25) is 0 Å². The zero-order valence-electron chi connectivity index (χ0n) is 13.8. The van der Waals surface area contributed by atoms with Crippen LogP contribution in [0.15, 0.2) is 54.7 Å². The first-order chi connectivity index (χ1) is 12.7. The van der Waals surface area contributed by atoms with E-state index in [0.29, 0.717) is 28.7 Å². The summed E-state index contributed by atoms with van der Waals surface area (Å²) in [4.78, 5) is 16.0. The number of hydrogen-bond donors (Lipinski definition) is 3. The minimum absolute atomic E-state index is 0.330. The zero-order chi connectivity index (χ0) is 17.9. The van der Waals surface area contributed by atoms with Gasteiger partial charge in [-0.05, 0) is 36.4 Å². The lowest BCUT2D eigenvalue weighted by Crippen LogP contribution is -1.97. The number of imidazole rings is 1. The number of nitrogens with one attached hydrogen (secondary N) is 3. The number of nitrogens with zero attached hydrogens (tertiary/aromatic N) is 3. The Morgan fingerprint density at radius 3 is 2.58 bits per heavy atom. The molecule has 0 fully saturated rings. The van der Waals surface area contributed by atoms with Gasteiger partial charge < -0.3 is 20.4 Å². The van der Waals surface area contributed by atoms with Crippen LogP contribution >= 0.6 is 0 Å². The number of anilines is 4. The van der Waals surface area contributed by atoms with Crippen molar-refractivity contribution in [3.8, 4) is 5.75 Å². The van der Waals surface area contributed by atoms with Crippen molar-refractivity contribution in [1.82, 2.24) is 19.9 Å².